The van der Waals surface area contributed by atoms with Crippen LogP contribution in [0.25, 0.3) is 0 Å². The average molecular weight is 291 g/mol. The number of hydrogen-bond donors (Lipinski definition) is 2. The average Bonchev–Trinajstić information content (AvgIpc) is 2.94. The Hall–Kier alpha value is -1.92. The van der Waals surface area contributed by atoms with Crippen molar-refractivity contribution in [1.29, 1.82) is 0 Å². The summed E-state index contributed by atoms with van der Waals surface area (Å²) in [4.78, 5) is 25.4. The van der Waals surface area contributed by atoms with Gasteiger partial charge in [-0.25, -0.2) is 0 Å². The van der Waals surface area contributed by atoms with Gasteiger partial charge >= 0.3 is 0 Å². The Labute approximate surface area is 124 Å². The zero-order valence-electron chi connectivity index (χ0n) is 12.4. The molecule has 2 amide bonds. The van der Waals surface area contributed by atoms with Crippen molar-refractivity contribution in [3.8, 4) is 0 Å². The topological polar surface area (TPSA) is 70.7 Å². The van der Waals surface area contributed by atoms with Gasteiger partial charge in [0.2, 0.25) is 5.91 Å². The van der Waals surface area contributed by atoms with E-state index in [1.807, 2.05) is 18.2 Å². The summed E-state index contributed by atoms with van der Waals surface area (Å²) in [5.41, 5.74) is 3.00. The lowest BCUT2D eigenvalue weighted by Crippen LogP contribution is -2.39. The number of methoxy groups -OCH3 is 1. The van der Waals surface area contributed by atoms with Crippen LogP contribution in [-0.2, 0) is 22.6 Å². The number of likely N-dealkylation sites (N-methyl/N-ethyl adjacent to an activating group) is 1. The first-order chi connectivity index (χ1) is 10.1. The molecule has 0 aliphatic carbocycles. The molecule has 0 fully saturated rings. The van der Waals surface area contributed by atoms with Gasteiger partial charge in [-0.15, -0.1) is 0 Å². The molecule has 0 saturated heterocycles. The van der Waals surface area contributed by atoms with Crippen LogP contribution in [0.1, 0.15) is 21.5 Å². The minimum atomic E-state index is -0.189. The van der Waals surface area contributed by atoms with Crippen molar-refractivity contribution in [3.63, 3.8) is 0 Å². The molecule has 1 aromatic carbocycles. The van der Waals surface area contributed by atoms with Crippen LogP contribution in [0.15, 0.2) is 18.2 Å². The zero-order chi connectivity index (χ0) is 15.2. The highest BCUT2D eigenvalue weighted by molar-refractivity contribution is 5.96. The highest BCUT2D eigenvalue weighted by Gasteiger charge is 2.17. The van der Waals surface area contributed by atoms with Gasteiger partial charge in [-0.3, -0.25) is 9.59 Å². The van der Waals surface area contributed by atoms with Crippen LogP contribution < -0.4 is 10.6 Å². The van der Waals surface area contributed by atoms with Gasteiger partial charge in [-0.05, 0) is 23.3 Å². The third-order valence-corrected chi connectivity index (χ3v) is 3.44. The van der Waals surface area contributed by atoms with Gasteiger partial charge in [0.15, 0.2) is 0 Å². The summed E-state index contributed by atoms with van der Waals surface area (Å²) in [7, 11) is 3.20. The van der Waals surface area contributed by atoms with Gasteiger partial charge in [0.05, 0.1) is 13.2 Å². The lowest BCUT2D eigenvalue weighted by atomic mass is 10.1. The summed E-state index contributed by atoms with van der Waals surface area (Å²) in [6, 6.07) is 5.68. The Morgan fingerprint density at radius 1 is 1.33 bits per heavy atom. The molecule has 21 heavy (non-hydrogen) atoms. The standard InChI is InChI=1S/C15H21N3O3/c1-18(10-14(19)17-5-6-21-2)15(20)11-3-4-12-8-16-9-13(12)7-11/h3-4,7,16H,5-6,8-10H2,1-2H3,(H,17,19). The third kappa shape index (κ3) is 4.03. The molecular formula is C15H21N3O3. The van der Waals surface area contributed by atoms with Crippen molar-refractivity contribution in [2.45, 2.75) is 13.1 Å². The van der Waals surface area contributed by atoms with Crippen LogP contribution in [0.5, 0.6) is 0 Å². The van der Waals surface area contributed by atoms with Crippen molar-refractivity contribution >= 4 is 11.8 Å². The number of nitrogens with one attached hydrogen (secondary N) is 2. The first-order valence-corrected chi connectivity index (χ1v) is 6.95. The van der Waals surface area contributed by atoms with Gasteiger partial charge in [-0.2, -0.15) is 0 Å². The molecule has 1 heterocycles. The maximum absolute atomic E-state index is 12.3. The van der Waals surface area contributed by atoms with Crippen LogP contribution in [0.3, 0.4) is 0 Å². The summed E-state index contributed by atoms with van der Waals surface area (Å²) in [6.45, 7) is 2.58. The molecule has 0 saturated carbocycles. The van der Waals surface area contributed by atoms with Gasteiger partial charge < -0.3 is 20.3 Å². The third-order valence-electron chi connectivity index (χ3n) is 3.44. The Kier molecular flexibility index (Phi) is 5.30. The highest BCUT2D eigenvalue weighted by Crippen LogP contribution is 2.17. The molecule has 0 aromatic heterocycles. The lowest BCUT2D eigenvalue weighted by molar-refractivity contribution is -0.121. The SMILES string of the molecule is COCCNC(=O)CN(C)C(=O)c1ccc2c(c1)CNC2. The zero-order valence-corrected chi connectivity index (χ0v) is 12.4. The van der Waals surface area contributed by atoms with Crippen LogP contribution in [0.2, 0.25) is 0 Å². The van der Waals surface area contributed by atoms with Gasteiger partial charge in [-0.1, -0.05) is 6.07 Å². The molecule has 2 N–H and O–H groups in total. The van der Waals surface area contributed by atoms with E-state index in [-0.39, 0.29) is 18.4 Å². The van der Waals surface area contributed by atoms with Crippen molar-refractivity contribution in [2.75, 3.05) is 33.9 Å². The number of ether oxygens (including phenoxy) is 1. The maximum atomic E-state index is 12.3. The van der Waals surface area contributed by atoms with E-state index in [0.717, 1.165) is 18.7 Å². The van der Waals surface area contributed by atoms with E-state index in [1.54, 1.807) is 14.2 Å². The second-order valence-corrected chi connectivity index (χ2v) is 5.09. The summed E-state index contributed by atoms with van der Waals surface area (Å²) in [5.74, 6) is -0.336. The number of rotatable bonds is 6. The molecule has 6 nitrogen and oxygen atoms in total. The minimum absolute atomic E-state index is 0.0396. The second kappa shape index (κ2) is 7.19. The number of carbonyl (C=O) groups excluding carboxylic acids is 2. The van der Waals surface area contributed by atoms with Crippen molar-refractivity contribution < 1.29 is 14.3 Å². The first kappa shape index (κ1) is 15.5. The largest absolute Gasteiger partial charge is 0.383 e. The van der Waals surface area contributed by atoms with Crippen molar-refractivity contribution in [1.82, 2.24) is 15.5 Å². The summed E-state index contributed by atoms with van der Waals surface area (Å²) in [5, 5.41) is 5.94. The fourth-order valence-electron chi connectivity index (χ4n) is 2.28. The molecule has 0 atom stereocenters. The number of fused-ring (bicyclic) bond motifs is 1. The van der Waals surface area contributed by atoms with Crippen LogP contribution >= 0.6 is 0 Å². The number of nitrogens with zero attached hydrogens (tertiary/aromatic N) is 1. The van der Waals surface area contributed by atoms with Gasteiger partial charge in [0, 0.05) is 39.4 Å². The molecule has 6 heteroatoms. The van der Waals surface area contributed by atoms with E-state index in [9.17, 15) is 9.59 Å². The Morgan fingerprint density at radius 2 is 2.10 bits per heavy atom. The van der Waals surface area contributed by atoms with E-state index in [1.165, 1.54) is 10.5 Å². The Morgan fingerprint density at radius 3 is 2.86 bits per heavy atom. The van der Waals surface area contributed by atoms with Gasteiger partial charge in [0.1, 0.15) is 0 Å². The summed E-state index contributed by atoms with van der Waals surface area (Å²) in [6.07, 6.45) is 0. The fourth-order valence-corrected chi connectivity index (χ4v) is 2.28. The molecule has 1 aliphatic heterocycles. The predicted molar refractivity (Wildman–Crippen MR) is 78.8 cm³/mol. The molecule has 0 unspecified atom stereocenters. The van der Waals surface area contributed by atoms with Crippen molar-refractivity contribution in [2.24, 2.45) is 0 Å². The highest BCUT2D eigenvalue weighted by atomic mass is 16.5. The van der Waals surface area contributed by atoms with Crippen molar-refractivity contribution in [3.05, 3.63) is 34.9 Å². The molecule has 2 rings (SSSR count). The molecule has 1 aromatic rings. The normalized spacial score (nSPS) is 12.9. The van der Waals surface area contributed by atoms with E-state index in [2.05, 4.69) is 10.6 Å². The molecule has 0 bridgehead atoms. The smallest absolute Gasteiger partial charge is 0.254 e. The predicted octanol–water partition coefficient (Wildman–Crippen LogP) is 0.124. The van der Waals surface area contributed by atoms with Gasteiger partial charge in [0.25, 0.3) is 5.91 Å². The Balaban J connectivity index is 1.91. The molecular weight excluding hydrogens is 270 g/mol. The lowest BCUT2D eigenvalue weighted by Gasteiger charge is -2.17. The van der Waals surface area contributed by atoms with E-state index < -0.39 is 0 Å². The first-order valence-electron chi connectivity index (χ1n) is 6.95. The molecule has 1 aliphatic rings. The van der Waals surface area contributed by atoms with E-state index in [4.69, 9.17) is 4.74 Å². The van der Waals surface area contributed by atoms with E-state index in [0.29, 0.717) is 18.7 Å². The molecule has 114 valence electrons. The summed E-state index contributed by atoms with van der Waals surface area (Å²) >= 11 is 0. The maximum Gasteiger partial charge on any atom is 0.254 e. The fraction of sp³-hybridized carbons (Fsp3) is 0.467. The Bertz CT molecular complexity index is 531. The van der Waals surface area contributed by atoms with E-state index >= 15 is 0 Å². The monoisotopic (exact) mass is 291 g/mol. The number of amides is 2. The quantitative estimate of drug-likeness (QED) is 0.731. The summed E-state index contributed by atoms with van der Waals surface area (Å²) < 4.78 is 4.86. The van der Waals surface area contributed by atoms with Crippen LogP contribution in [-0.4, -0.2) is 50.6 Å². The minimum Gasteiger partial charge on any atom is -0.383 e. The van der Waals surface area contributed by atoms with Crippen LogP contribution in [0, 0.1) is 0 Å². The number of carbonyl (C=O) groups is 2. The number of benzene rings is 1. The molecule has 0 spiro atoms. The van der Waals surface area contributed by atoms with Crippen LogP contribution in [0.4, 0.5) is 0 Å². The molecule has 0 radical (unpaired) electrons. The number of hydrogen-bond acceptors (Lipinski definition) is 4. The second-order valence-electron chi connectivity index (χ2n) is 5.09.